The largest absolute Gasteiger partial charge is 0.493 e. The minimum absolute atomic E-state index is 0.574. The quantitative estimate of drug-likeness (QED) is 0.264. The molecule has 5 rings (SSSR count). The molecule has 2 aromatic heterocycles. The van der Waals surface area contributed by atoms with Crippen molar-refractivity contribution in [1.29, 1.82) is 0 Å². The Kier molecular flexibility index (Phi) is 5.79. The summed E-state index contributed by atoms with van der Waals surface area (Å²) in [6.45, 7) is 3.33. The van der Waals surface area contributed by atoms with Crippen LogP contribution in [0.3, 0.4) is 0 Å². The molecule has 162 valence electrons. The van der Waals surface area contributed by atoms with Crippen LogP contribution in [0.15, 0.2) is 77.4 Å². The molecule has 0 bridgehead atoms. The summed E-state index contributed by atoms with van der Waals surface area (Å²) in [5.74, 6) is 1.76. The number of nitrogens with zero attached hydrogens (tertiary/aromatic N) is 1. The van der Waals surface area contributed by atoms with Crippen molar-refractivity contribution in [3.63, 3.8) is 0 Å². The van der Waals surface area contributed by atoms with Crippen LogP contribution in [0, 0.1) is 0 Å². The molecule has 0 saturated heterocycles. The van der Waals surface area contributed by atoms with Crippen molar-refractivity contribution in [3.05, 3.63) is 78.5 Å². The van der Waals surface area contributed by atoms with E-state index >= 15 is 0 Å². The molecular weight excluding hydrogens is 400 g/mol. The third-order valence-corrected chi connectivity index (χ3v) is 5.61. The zero-order chi connectivity index (χ0) is 21.8. The van der Waals surface area contributed by atoms with Gasteiger partial charge in [-0.15, -0.1) is 0 Å². The molecule has 32 heavy (non-hydrogen) atoms. The van der Waals surface area contributed by atoms with Gasteiger partial charge >= 0.3 is 0 Å². The number of benzene rings is 3. The van der Waals surface area contributed by atoms with Crippen molar-refractivity contribution < 1.29 is 14.0 Å². The van der Waals surface area contributed by atoms with Crippen molar-refractivity contribution in [3.8, 4) is 22.8 Å². The van der Waals surface area contributed by atoms with Crippen molar-refractivity contribution >= 4 is 21.9 Å². The lowest BCUT2D eigenvalue weighted by Gasteiger charge is -2.12. The average molecular weight is 427 g/mol. The summed E-state index contributed by atoms with van der Waals surface area (Å²) in [6.07, 6.45) is 4.59. The van der Waals surface area contributed by atoms with Crippen molar-refractivity contribution in [1.82, 2.24) is 10.1 Å². The van der Waals surface area contributed by atoms with Crippen LogP contribution in [-0.2, 0) is 6.42 Å². The maximum Gasteiger partial charge on any atom is 0.174 e. The van der Waals surface area contributed by atoms with Gasteiger partial charge in [0, 0.05) is 34.6 Å². The zero-order valence-corrected chi connectivity index (χ0v) is 18.1. The molecule has 2 heterocycles. The second-order valence-corrected chi connectivity index (χ2v) is 7.81. The van der Waals surface area contributed by atoms with Gasteiger partial charge < -0.3 is 19.0 Å². The third kappa shape index (κ3) is 3.94. The van der Waals surface area contributed by atoms with Crippen molar-refractivity contribution in [2.24, 2.45) is 0 Å². The maximum atomic E-state index is 6.15. The van der Waals surface area contributed by atoms with E-state index < -0.39 is 0 Å². The first-order chi connectivity index (χ1) is 15.8. The fourth-order valence-electron chi connectivity index (χ4n) is 4.07. The molecule has 0 saturated carbocycles. The SMILES string of the molecule is CCCc1c(OCCCOc2cccc3[nH]ccc23)ccc2c(-c3ccccc3)noc12. The van der Waals surface area contributed by atoms with Gasteiger partial charge in [-0.25, -0.2) is 0 Å². The Balaban J connectivity index is 1.27. The first kappa shape index (κ1) is 20.2. The van der Waals surface area contributed by atoms with E-state index in [1.54, 1.807) is 0 Å². The first-order valence-corrected chi connectivity index (χ1v) is 11.1. The normalized spacial score (nSPS) is 11.3. The summed E-state index contributed by atoms with van der Waals surface area (Å²) in [6, 6.07) is 22.3. The number of hydrogen-bond donors (Lipinski definition) is 1. The second-order valence-electron chi connectivity index (χ2n) is 7.81. The third-order valence-electron chi connectivity index (χ3n) is 5.61. The molecule has 5 heteroatoms. The topological polar surface area (TPSA) is 60.3 Å². The Labute approximate surface area is 187 Å². The van der Waals surface area contributed by atoms with Gasteiger partial charge in [-0.1, -0.05) is 54.9 Å². The molecule has 5 nitrogen and oxygen atoms in total. The van der Waals surface area contributed by atoms with E-state index in [-0.39, 0.29) is 0 Å². The molecular formula is C27H26N2O3. The van der Waals surface area contributed by atoms with E-state index in [0.29, 0.717) is 13.2 Å². The van der Waals surface area contributed by atoms with Gasteiger partial charge in [0.1, 0.15) is 17.2 Å². The molecule has 0 spiro atoms. The maximum absolute atomic E-state index is 6.15. The van der Waals surface area contributed by atoms with Gasteiger partial charge in [0.15, 0.2) is 5.58 Å². The molecule has 0 aliphatic rings. The van der Waals surface area contributed by atoms with E-state index in [4.69, 9.17) is 14.0 Å². The highest BCUT2D eigenvalue weighted by Gasteiger charge is 2.17. The van der Waals surface area contributed by atoms with Crippen LogP contribution in [0.5, 0.6) is 11.5 Å². The molecule has 0 fully saturated rings. The molecule has 0 radical (unpaired) electrons. The van der Waals surface area contributed by atoms with Gasteiger partial charge in [0.25, 0.3) is 0 Å². The average Bonchev–Trinajstić information content (AvgIpc) is 3.48. The van der Waals surface area contributed by atoms with Crippen LogP contribution in [0.2, 0.25) is 0 Å². The fraction of sp³-hybridized carbons (Fsp3) is 0.222. The summed E-state index contributed by atoms with van der Waals surface area (Å²) in [7, 11) is 0. The molecule has 1 N–H and O–H groups in total. The van der Waals surface area contributed by atoms with Crippen molar-refractivity contribution in [2.75, 3.05) is 13.2 Å². The molecule has 0 amide bonds. The highest BCUT2D eigenvalue weighted by Crippen LogP contribution is 2.35. The molecule has 0 aliphatic carbocycles. The predicted octanol–water partition coefficient (Wildman–Crippen LogP) is 6.78. The monoisotopic (exact) mass is 426 g/mol. The summed E-state index contributed by atoms with van der Waals surface area (Å²) >= 11 is 0. The molecule has 5 aromatic rings. The Hall–Kier alpha value is -3.73. The molecule has 0 atom stereocenters. The zero-order valence-electron chi connectivity index (χ0n) is 18.1. The summed E-state index contributed by atoms with van der Waals surface area (Å²) in [4.78, 5) is 3.21. The van der Waals surface area contributed by atoms with E-state index in [1.165, 1.54) is 0 Å². The Morgan fingerprint density at radius 3 is 2.53 bits per heavy atom. The lowest BCUT2D eigenvalue weighted by molar-refractivity contribution is 0.247. The number of aryl methyl sites for hydroxylation is 1. The number of ether oxygens (including phenoxy) is 2. The summed E-state index contributed by atoms with van der Waals surface area (Å²) in [5, 5.41) is 6.48. The van der Waals surface area contributed by atoms with Crippen LogP contribution in [-0.4, -0.2) is 23.4 Å². The van der Waals surface area contributed by atoms with Crippen LogP contribution in [0.1, 0.15) is 25.3 Å². The van der Waals surface area contributed by atoms with Gasteiger partial charge in [0.05, 0.1) is 18.6 Å². The number of aromatic amines is 1. The minimum Gasteiger partial charge on any atom is -0.493 e. The Bertz CT molecular complexity index is 1320. The predicted molar refractivity (Wildman–Crippen MR) is 127 cm³/mol. The van der Waals surface area contributed by atoms with Crippen LogP contribution < -0.4 is 9.47 Å². The molecule has 0 aliphatic heterocycles. The highest BCUT2D eigenvalue weighted by molar-refractivity contribution is 5.94. The van der Waals surface area contributed by atoms with Crippen LogP contribution in [0.25, 0.3) is 33.1 Å². The van der Waals surface area contributed by atoms with E-state index in [0.717, 1.165) is 69.5 Å². The number of H-pyrrole nitrogens is 1. The molecule has 3 aromatic carbocycles. The van der Waals surface area contributed by atoms with Gasteiger partial charge in [-0.2, -0.15) is 0 Å². The van der Waals surface area contributed by atoms with Crippen molar-refractivity contribution in [2.45, 2.75) is 26.2 Å². The van der Waals surface area contributed by atoms with Gasteiger partial charge in [-0.3, -0.25) is 0 Å². The van der Waals surface area contributed by atoms with E-state index in [2.05, 4.69) is 29.2 Å². The minimum atomic E-state index is 0.574. The van der Waals surface area contributed by atoms with E-state index in [9.17, 15) is 0 Å². The number of rotatable bonds is 9. The number of aromatic nitrogens is 2. The van der Waals surface area contributed by atoms with Gasteiger partial charge in [-0.05, 0) is 36.8 Å². The summed E-state index contributed by atoms with van der Waals surface area (Å²) < 4.78 is 17.9. The van der Waals surface area contributed by atoms with E-state index in [1.807, 2.05) is 60.8 Å². The van der Waals surface area contributed by atoms with Gasteiger partial charge in [0.2, 0.25) is 0 Å². The lowest BCUT2D eigenvalue weighted by atomic mass is 10.0. The number of hydrogen-bond acceptors (Lipinski definition) is 4. The Morgan fingerprint density at radius 2 is 1.69 bits per heavy atom. The summed E-state index contributed by atoms with van der Waals surface area (Å²) in [5.41, 5.74) is 4.91. The van der Waals surface area contributed by atoms with Crippen LogP contribution in [0.4, 0.5) is 0 Å². The number of fused-ring (bicyclic) bond motifs is 2. The first-order valence-electron chi connectivity index (χ1n) is 11.1. The molecule has 0 unspecified atom stereocenters. The second kappa shape index (κ2) is 9.18. The Morgan fingerprint density at radius 1 is 0.844 bits per heavy atom. The lowest BCUT2D eigenvalue weighted by Crippen LogP contribution is -2.06. The standard InChI is InChI=1S/C27H26N2O3/c1-2-8-21-25(14-13-22-26(29-32-27(21)22)19-9-4-3-5-10-19)31-18-7-17-30-24-12-6-11-23-20(24)15-16-28-23/h3-6,9-16,28H,2,7-8,17-18H2,1H3. The fourth-order valence-corrected chi connectivity index (χ4v) is 4.07. The smallest absolute Gasteiger partial charge is 0.174 e. The van der Waals surface area contributed by atoms with Crippen LogP contribution >= 0.6 is 0 Å². The number of nitrogens with one attached hydrogen (secondary N) is 1. The highest BCUT2D eigenvalue weighted by atomic mass is 16.5.